The molecule has 2 N–H and O–H groups in total. The van der Waals surface area contributed by atoms with Crippen molar-refractivity contribution in [3.8, 4) is 0 Å². The predicted octanol–water partition coefficient (Wildman–Crippen LogP) is 4.02. The molecule has 170 valence electrons. The number of anilines is 1. The van der Waals surface area contributed by atoms with Crippen molar-refractivity contribution >= 4 is 17.9 Å². The number of carbonyl (C=O) groups is 1. The van der Waals surface area contributed by atoms with Crippen molar-refractivity contribution in [2.24, 2.45) is 0 Å². The van der Waals surface area contributed by atoms with E-state index in [0.717, 1.165) is 18.3 Å². The van der Waals surface area contributed by atoms with Crippen LogP contribution in [0.5, 0.6) is 0 Å². The summed E-state index contributed by atoms with van der Waals surface area (Å²) in [7, 11) is 1.54. The minimum Gasteiger partial charge on any atom is -0.383 e. The zero-order valence-electron chi connectivity index (χ0n) is 17.3. The predicted molar refractivity (Wildman–Crippen MR) is 111 cm³/mol. The third-order valence-corrected chi connectivity index (χ3v) is 4.98. The summed E-state index contributed by atoms with van der Waals surface area (Å²) in [5.74, 6) is -0.870. The highest BCUT2D eigenvalue weighted by Gasteiger charge is 2.31. The van der Waals surface area contributed by atoms with Crippen LogP contribution >= 0.6 is 0 Å². The number of pyridine rings is 1. The number of hydrogen-bond acceptors (Lipinski definition) is 5. The van der Waals surface area contributed by atoms with Gasteiger partial charge in [-0.15, -0.1) is 0 Å². The first-order valence-electron chi connectivity index (χ1n) is 9.81. The Hall–Kier alpha value is -3.27. The normalized spacial score (nSPS) is 14.7. The second-order valence-corrected chi connectivity index (χ2v) is 7.27. The lowest BCUT2D eigenvalue weighted by Crippen LogP contribution is -2.40. The summed E-state index contributed by atoms with van der Waals surface area (Å²) in [6.07, 6.45) is -1.63. The Labute approximate surface area is 182 Å². The highest BCUT2D eigenvalue weighted by atomic mass is 19.4. The van der Waals surface area contributed by atoms with Crippen LogP contribution in [0, 0.1) is 11.2 Å². The Morgan fingerprint density at radius 2 is 2.03 bits per heavy atom. The molecular formula is C22H22F4N4O2. The minimum absolute atomic E-state index is 0.0677. The number of nitrogens with one attached hydrogen (secondary N) is 2. The smallest absolute Gasteiger partial charge is 0.383 e. The molecule has 0 spiro atoms. The molecule has 0 radical (unpaired) electrons. The Morgan fingerprint density at radius 1 is 1.25 bits per heavy atom. The monoisotopic (exact) mass is 450 g/mol. The quantitative estimate of drug-likeness (QED) is 0.470. The fraction of sp³-hybridized carbons (Fsp3) is 0.318. The largest absolute Gasteiger partial charge is 0.416 e. The van der Waals surface area contributed by atoms with Crippen LogP contribution in [0.15, 0.2) is 47.8 Å². The van der Waals surface area contributed by atoms with Gasteiger partial charge in [-0.1, -0.05) is 0 Å². The van der Waals surface area contributed by atoms with E-state index < -0.39 is 17.6 Å². The molecular weight excluding hydrogens is 428 g/mol. The van der Waals surface area contributed by atoms with Gasteiger partial charge in [-0.2, -0.15) is 13.2 Å². The first-order valence-corrected chi connectivity index (χ1v) is 9.81. The average molecular weight is 450 g/mol. The molecule has 0 saturated carbocycles. The van der Waals surface area contributed by atoms with E-state index in [4.69, 9.17) is 10.1 Å². The molecule has 0 saturated heterocycles. The zero-order chi connectivity index (χ0) is 23.3. The van der Waals surface area contributed by atoms with Gasteiger partial charge in [0.1, 0.15) is 11.6 Å². The van der Waals surface area contributed by atoms with E-state index in [0.29, 0.717) is 49.3 Å². The van der Waals surface area contributed by atoms with Gasteiger partial charge in [0.05, 0.1) is 17.7 Å². The number of hydrogen-bond donors (Lipinski definition) is 2. The van der Waals surface area contributed by atoms with Gasteiger partial charge in [-0.05, 0) is 47.9 Å². The van der Waals surface area contributed by atoms with Gasteiger partial charge in [0.2, 0.25) is 0 Å². The van der Waals surface area contributed by atoms with E-state index in [1.54, 1.807) is 24.1 Å². The third kappa shape index (κ3) is 5.70. The average Bonchev–Trinajstić information content (AvgIpc) is 2.73. The number of nitrogens with zero attached hydrogens (tertiary/aromatic N) is 2. The molecule has 1 aliphatic heterocycles. The first kappa shape index (κ1) is 23.4. The molecule has 0 fully saturated rings. The molecule has 1 amide bonds. The van der Waals surface area contributed by atoms with E-state index in [2.05, 4.69) is 10.3 Å². The molecule has 1 aliphatic rings. The molecule has 3 rings (SSSR count). The number of alkyl halides is 3. The number of aromatic nitrogens is 1. The SMILES string of the molecule is COCCN1CCC(Nc2cc(Cc3cc(F)cc(C(F)(F)F)c3)ccn2)=C(C=N)C1=O. The van der Waals surface area contributed by atoms with Crippen LogP contribution in [-0.4, -0.2) is 48.8 Å². The second-order valence-electron chi connectivity index (χ2n) is 7.27. The Kier molecular flexibility index (Phi) is 7.24. The van der Waals surface area contributed by atoms with Crippen LogP contribution in [0.3, 0.4) is 0 Å². The topological polar surface area (TPSA) is 78.3 Å². The van der Waals surface area contributed by atoms with Gasteiger partial charge in [0.25, 0.3) is 5.91 Å². The van der Waals surface area contributed by atoms with E-state index in [1.807, 2.05) is 0 Å². The molecule has 0 atom stereocenters. The Balaban J connectivity index is 1.79. The summed E-state index contributed by atoms with van der Waals surface area (Å²) in [6.45, 7) is 1.26. The van der Waals surface area contributed by atoms with Crippen molar-refractivity contribution in [1.82, 2.24) is 9.88 Å². The molecule has 0 unspecified atom stereocenters. The molecule has 0 bridgehead atoms. The molecule has 2 heterocycles. The van der Waals surface area contributed by atoms with Crippen LogP contribution in [0.25, 0.3) is 0 Å². The minimum atomic E-state index is -4.64. The number of rotatable bonds is 8. The van der Waals surface area contributed by atoms with Gasteiger partial charge in [-0.25, -0.2) is 9.37 Å². The number of methoxy groups -OCH3 is 1. The molecule has 1 aromatic carbocycles. The van der Waals surface area contributed by atoms with E-state index in [9.17, 15) is 22.4 Å². The maximum absolute atomic E-state index is 13.7. The summed E-state index contributed by atoms with van der Waals surface area (Å²) < 4.78 is 57.6. The summed E-state index contributed by atoms with van der Waals surface area (Å²) in [5, 5.41) is 10.7. The van der Waals surface area contributed by atoms with Gasteiger partial charge in [-0.3, -0.25) is 4.79 Å². The van der Waals surface area contributed by atoms with Gasteiger partial charge in [0.15, 0.2) is 0 Å². The van der Waals surface area contributed by atoms with Gasteiger partial charge in [0, 0.05) is 44.7 Å². The maximum atomic E-state index is 13.7. The van der Waals surface area contributed by atoms with E-state index >= 15 is 0 Å². The van der Waals surface area contributed by atoms with Crippen LogP contribution in [-0.2, 0) is 22.1 Å². The van der Waals surface area contributed by atoms with Crippen LogP contribution in [0.2, 0.25) is 0 Å². The Morgan fingerprint density at radius 3 is 2.72 bits per heavy atom. The standard InChI is InChI=1S/C22H22F4N4O2/c1-32-7-6-30-5-3-19(18(13-27)21(30)31)29-20-11-14(2-4-28-20)8-15-9-16(22(24,25)26)12-17(23)10-15/h2,4,9-13,27H,3,5-8H2,1H3,(H,28,29). The maximum Gasteiger partial charge on any atom is 0.416 e. The molecule has 0 aliphatic carbocycles. The number of ether oxygens (including phenoxy) is 1. The molecule has 2 aromatic rings. The zero-order valence-corrected chi connectivity index (χ0v) is 17.3. The molecule has 6 nitrogen and oxygen atoms in total. The van der Waals surface area contributed by atoms with Crippen molar-refractivity contribution in [2.45, 2.75) is 19.0 Å². The van der Waals surface area contributed by atoms with Crippen LogP contribution < -0.4 is 5.32 Å². The van der Waals surface area contributed by atoms with Crippen molar-refractivity contribution in [3.05, 3.63) is 70.3 Å². The second kappa shape index (κ2) is 9.90. The van der Waals surface area contributed by atoms with Gasteiger partial charge < -0.3 is 20.4 Å². The number of halogens is 4. The molecule has 1 aromatic heterocycles. The lowest BCUT2D eigenvalue weighted by Gasteiger charge is -2.29. The number of benzene rings is 1. The fourth-order valence-electron chi connectivity index (χ4n) is 3.43. The van der Waals surface area contributed by atoms with E-state index in [1.165, 1.54) is 6.20 Å². The Bertz CT molecular complexity index is 1040. The lowest BCUT2D eigenvalue weighted by atomic mass is 10.0. The lowest BCUT2D eigenvalue weighted by molar-refractivity contribution is -0.137. The highest BCUT2D eigenvalue weighted by molar-refractivity contribution is 6.13. The van der Waals surface area contributed by atoms with Crippen molar-refractivity contribution < 1.29 is 27.1 Å². The fourth-order valence-corrected chi connectivity index (χ4v) is 3.43. The van der Waals surface area contributed by atoms with Crippen molar-refractivity contribution in [3.63, 3.8) is 0 Å². The number of carbonyl (C=O) groups excluding carboxylic acids is 1. The number of amides is 1. The third-order valence-electron chi connectivity index (χ3n) is 4.98. The van der Waals surface area contributed by atoms with Gasteiger partial charge >= 0.3 is 6.18 Å². The van der Waals surface area contributed by atoms with E-state index in [-0.39, 0.29) is 23.5 Å². The summed E-state index contributed by atoms with van der Waals surface area (Å²) >= 11 is 0. The first-order chi connectivity index (χ1) is 15.2. The highest BCUT2D eigenvalue weighted by Crippen LogP contribution is 2.31. The molecule has 32 heavy (non-hydrogen) atoms. The van der Waals surface area contributed by atoms with Crippen molar-refractivity contribution in [2.75, 3.05) is 32.1 Å². The van der Waals surface area contributed by atoms with Crippen molar-refractivity contribution in [1.29, 1.82) is 5.41 Å². The summed E-state index contributed by atoms with van der Waals surface area (Å²) in [6, 6.07) is 5.68. The summed E-state index contributed by atoms with van der Waals surface area (Å²) in [5.41, 5.74) is 0.491. The molecule has 10 heteroatoms. The van der Waals surface area contributed by atoms with Crippen LogP contribution in [0.4, 0.5) is 23.4 Å². The summed E-state index contributed by atoms with van der Waals surface area (Å²) in [4.78, 5) is 18.4. The van der Waals surface area contributed by atoms with Crippen LogP contribution in [0.1, 0.15) is 23.1 Å².